The van der Waals surface area contributed by atoms with Gasteiger partial charge in [0.2, 0.25) is 0 Å². The van der Waals surface area contributed by atoms with Crippen molar-refractivity contribution in [3.8, 4) is 0 Å². The highest BCUT2D eigenvalue weighted by Gasteiger charge is 2.39. The van der Waals surface area contributed by atoms with Crippen LogP contribution < -0.4 is 5.32 Å². The van der Waals surface area contributed by atoms with E-state index in [1.165, 1.54) is 0 Å². The summed E-state index contributed by atoms with van der Waals surface area (Å²) >= 11 is 3.47. The Bertz CT molecular complexity index is 643. The summed E-state index contributed by atoms with van der Waals surface area (Å²) in [5.74, 6) is -0.421. The normalized spacial score (nSPS) is 24.9. The highest BCUT2D eigenvalue weighted by molar-refractivity contribution is 9.10. The number of carbonyl (C=O) groups is 1. The van der Waals surface area contributed by atoms with Crippen LogP contribution in [-0.4, -0.2) is 42.9 Å². The zero-order chi connectivity index (χ0) is 15.2. The van der Waals surface area contributed by atoms with E-state index < -0.39 is 0 Å². The largest absolute Gasteiger partial charge is 0.376 e. The van der Waals surface area contributed by atoms with Crippen LogP contribution in [-0.2, 0) is 14.3 Å². The second-order valence-electron chi connectivity index (χ2n) is 5.83. The summed E-state index contributed by atoms with van der Waals surface area (Å²) in [5.41, 5.74) is 2.55. The van der Waals surface area contributed by atoms with Crippen LogP contribution in [0.5, 0.6) is 0 Å². The van der Waals surface area contributed by atoms with E-state index in [9.17, 15) is 4.79 Å². The number of hydrogen-bond donors (Lipinski definition) is 1. The maximum Gasteiger partial charge on any atom is 0.257 e. The molecule has 0 unspecified atom stereocenters. The minimum Gasteiger partial charge on any atom is -0.376 e. The van der Waals surface area contributed by atoms with E-state index in [1.54, 1.807) is 0 Å². The number of carbonyl (C=O) groups excluding carboxylic acids is 1. The van der Waals surface area contributed by atoms with E-state index in [0.717, 1.165) is 47.2 Å². The number of rotatable bonds is 1. The first-order valence-corrected chi connectivity index (χ1v) is 8.30. The van der Waals surface area contributed by atoms with Crippen LogP contribution in [0.3, 0.4) is 0 Å². The van der Waals surface area contributed by atoms with Gasteiger partial charge in [-0.25, -0.2) is 0 Å². The van der Waals surface area contributed by atoms with Crippen LogP contribution in [0, 0.1) is 0 Å². The molecule has 0 atom stereocenters. The van der Waals surface area contributed by atoms with E-state index in [-0.39, 0.29) is 11.7 Å². The van der Waals surface area contributed by atoms with Gasteiger partial charge in [-0.05, 0) is 18.2 Å². The van der Waals surface area contributed by atoms with Crippen molar-refractivity contribution >= 4 is 33.1 Å². The van der Waals surface area contributed by atoms with E-state index in [0.29, 0.717) is 13.2 Å². The Hall–Kier alpha value is -1.37. The number of ether oxygens (including phenoxy) is 2. The molecule has 1 aromatic rings. The van der Waals surface area contributed by atoms with Crippen molar-refractivity contribution in [1.29, 1.82) is 0 Å². The maximum absolute atomic E-state index is 12.2. The SMILES string of the molecule is O=C1Nc2ccc(Br)cc2/C1=C\N1CCC2(CC1)OCCO2. The Morgan fingerprint density at radius 3 is 2.68 bits per heavy atom. The van der Waals surface area contributed by atoms with Gasteiger partial charge in [0.1, 0.15) is 0 Å². The first kappa shape index (κ1) is 14.2. The lowest BCUT2D eigenvalue weighted by molar-refractivity contribution is -0.181. The number of hydrogen-bond acceptors (Lipinski definition) is 4. The number of nitrogens with one attached hydrogen (secondary N) is 1. The van der Waals surface area contributed by atoms with E-state index in [2.05, 4.69) is 26.1 Å². The molecular formula is C16H17BrN2O3. The molecule has 22 heavy (non-hydrogen) atoms. The van der Waals surface area contributed by atoms with Gasteiger partial charge in [0.25, 0.3) is 5.91 Å². The van der Waals surface area contributed by atoms with Gasteiger partial charge >= 0.3 is 0 Å². The number of anilines is 1. The standard InChI is InChI=1S/C16H17BrN2O3/c17-11-1-2-14-12(9-11)13(15(20)18-14)10-19-5-3-16(4-6-19)21-7-8-22-16/h1-2,9-10H,3-8H2,(H,18,20)/b13-10+. The zero-order valence-corrected chi connectivity index (χ0v) is 13.7. The Balaban J connectivity index is 1.54. The summed E-state index contributed by atoms with van der Waals surface area (Å²) in [5, 5.41) is 2.91. The molecule has 0 aromatic heterocycles. The maximum atomic E-state index is 12.2. The molecule has 1 N–H and O–H groups in total. The molecule has 0 radical (unpaired) electrons. The summed E-state index contributed by atoms with van der Waals surface area (Å²) in [4.78, 5) is 14.4. The van der Waals surface area contributed by atoms with Crippen molar-refractivity contribution in [3.05, 3.63) is 34.4 Å². The lowest BCUT2D eigenvalue weighted by Crippen LogP contribution is -2.43. The fraction of sp³-hybridized carbons (Fsp3) is 0.438. The highest BCUT2D eigenvalue weighted by atomic mass is 79.9. The number of benzene rings is 1. The molecule has 5 nitrogen and oxygen atoms in total. The van der Waals surface area contributed by atoms with E-state index in [4.69, 9.17) is 9.47 Å². The number of amides is 1. The zero-order valence-electron chi connectivity index (χ0n) is 12.1. The minimum absolute atomic E-state index is 0.0400. The fourth-order valence-corrected chi connectivity index (χ4v) is 3.61. The summed E-state index contributed by atoms with van der Waals surface area (Å²) in [6, 6.07) is 5.83. The molecule has 116 valence electrons. The van der Waals surface area contributed by atoms with Gasteiger partial charge in [0.05, 0.1) is 18.8 Å². The van der Waals surface area contributed by atoms with Gasteiger partial charge in [-0.2, -0.15) is 0 Å². The van der Waals surface area contributed by atoms with Crippen molar-refractivity contribution in [2.75, 3.05) is 31.6 Å². The molecule has 1 amide bonds. The number of piperidine rings is 1. The number of fused-ring (bicyclic) bond motifs is 1. The Labute approximate surface area is 137 Å². The summed E-state index contributed by atoms with van der Waals surface area (Å²) in [7, 11) is 0. The quantitative estimate of drug-likeness (QED) is 0.778. The highest BCUT2D eigenvalue weighted by Crippen LogP contribution is 2.36. The molecule has 3 aliphatic heterocycles. The summed E-state index contributed by atoms with van der Waals surface area (Å²) < 4.78 is 12.4. The van der Waals surface area contributed by atoms with Crippen LogP contribution in [0.1, 0.15) is 18.4 Å². The molecular weight excluding hydrogens is 348 g/mol. The van der Waals surface area contributed by atoms with Gasteiger partial charge in [-0.3, -0.25) is 4.79 Å². The van der Waals surface area contributed by atoms with Gasteiger partial charge in [-0.1, -0.05) is 15.9 Å². The molecule has 2 saturated heterocycles. The van der Waals surface area contributed by atoms with Crippen molar-refractivity contribution < 1.29 is 14.3 Å². The molecule has 6 heteroatoms. The van der Waals surface area contributed by atoms with Crippen LogP contribution >= 0.6 is 15.9 Å². The lowest BCUT2D eigenvalue weighted by Gasteiger charge is -2.37. The van der Waals surface area contributed by atoms with Gasteiger partial charge in [-0.15, -0.1) is 0 Å². The third kappa shape index (κ3) is 2.45. The molecule has 3 aliphatic rings. The van der Waals surface area contributed by atoms with Crippen molar-refractivity contribution in [1.82, 2.24) is 4.90 Å². The number of likely N-dealkylation sites (tertiary alicyclic amines) is 1. The smallest absolute Gasteiger partial charge is 0.257 e. The topological polar surface area (TPSA) is 50.8 Å². The third-order valence-corrected chi connectivity index (χ3v) is 4.94. The van der Waals surface area contributed by atoms with Gasteiger partial charge < -0.3 is 19.7 Å². The van der Waals surface area contributed by atoms with E-state index >= 15 is 0 Å². The Kier molecular flexibility index (Phi) is 3.47. The molecule has 2 fully saturated rings. The van der Waals surface area contributed by atoms with E-state index in [1.807, 2.05) is 24.4 Å². The minimum atomic E-state index is -0.381. The molecule has 0 saturated carbocycles. The molecule has 3 heterocycles. The van der Waals surface area contributed by atoms with Crippen molar-refractivity contribution in [2.45, 2.75) is 18.6 Å². The van der Waals surface area contributed by atoms with Crippen molar-refractivity contribution in [3.63, 3.8) is 0 Å². The van der Waals surface area contributed by atoms with Gasteiger partial charge in [0, 0.05) is 47.9 Å². The second kappa shape index (κ2) is 5.37. The number of nitrogens with zero attached hydrogens (tertiary/aromatic N) is 1. The predicted molar refractivity (Wildman–Crippen MR) is 86.2 cm³/mol. The molecule has 0 aliphatic carbocycles. The summed E-state index contributed by atoms with van der Waals surface area (Å²) in [6.07, 6.45) is 3.64. The van der Waals surface area contributed by atoms with Crippen LogP contribution in [0.15, 0.2) is 28.9 Å². The second-order valence-corrected chi connectivity index (χ2v) is 6.75. The average Bonchev–Trinajstić information content (AvgIpc) is 3.08. The first-order valence-electron chi connectivity index (χ1n) is 7.50. The van der Waals surface area contributed by atoms with Crippen LogP contribution in [0.25, 0.3) is 5.57 Å². The third-order valence-electron chi connectivity index (χ3n) is 4.45. The van der Waals surface area contributed by atoms with Gasteiger partial charge in [0.15, 0.2) is 5.79 Å². The molecule has 4 rings (SSSR count). The first-order chi connectivity index (χ1) is 10.7. The molecule has 1 aromatic carbocycles. The van der Waals surface area contributed by atoms with Crippen molar-refractivity contribution in [2.24, 2.45) is 0 Å². The number of halogens is 1. The monoisotopic (exact) mass is 364 g/mol. The molecule has 1 spiro atoms. The Morgan fingerprint density at radius 2 is 1.95 bits per heavy atom. The predicted octanol–water partition coefficient (Wildman–Crippen LogP) is 2.58. The van der Waals surface area contributed by atoms with Crippen LogP contribution in [0.2, 0.25) is 0 Å². The summed E-state index contributed by atoms with van der Waals surface area (Å²) in [6.45, 7) is 3.04. The molecule has 0 bridgehead atoms. The average molecular weight is 365 g/mol. The fourth-order valence-electron chi connectivity index (χ4n) is 3.25. The Morgan fingerprint density at radius 1 is 1.23 bits per heavy atom. The van der Waals surface area contributed by atoms with Crippen LogP contribution in [0.4, 0.5) is 5.69 Å². The lowest BCUT2D eigenvalue weighted by atomic mass is 10.0.